The Morgan fingerprint density at radius 2 is 2.43 bits per heavy atom. The molecule has 1 aliphatic carbocycles. The van der Waals surface area contributed by atoms with Crippen LogP contribution in [0.1, 0.15) is 30.0 Å². The van der Waals surface area contributed by atoms with Crippen LogP contribution in [0.4, 0.5) is 0 Å². The van der Waals surface area contributed by atoms with Gasteiger partial charge in [0.15, 0.2) is 0 Å². The lowest BCUT2D eigenvalue weighted by molar-refractivity contribution is 0.302. The SMILES string of the molecule is Cc1csc(CCNCC2CCC2)n1. The molecule has 1 fully saturated rings. The molecule has 0 atom stereocenters. The van der Waals surface area contributed by atoms with E-state index in [1.165, 1.54) is 30.8 Å². The van der Waals surface area contributed by atoms with Crippen LogP contribution < -0.4 is 5.32 Å². The molecule has 0 unspecified atom stereocenters. The molecular weight excluding hydrogens is 192 g/mol. The number of nitrogens with zero attached hydrogens (tertiary/aromatic N) is 1. The molecule has 0 spiro atoms. The minimum absolute atomic E-state index is 0.966. The average Bonchev–Trinajstić information content (AvgIpc) is 2.48. The summed E-state index contributed by atoms with van der Waals surface area (Å²) in [7, 11) is 0. The standard InChI is InChI=1S/C11H18N2S/c1-9-8-14-11(13-9)5-6-12-7-10-3-2-4-10/h8,10,12H,2-7H2,1H3. The number of aryl methyl sites for hydroxylation is 1. The molecule has 1 aliphatic rings. The lowest BCUT2D eigenvalue weighted by Gasteiger charge is -2.25. The van der Waals surface area contributed by atoms with Gasteiger partial charge in [0.25, 0.3) is 0 Å². The van der Waals surface area contributed by atoms with Crippen LogP contribution >= 0.6 is 11.3 Å². The van der Waals surface area contributed by atoms with Crippen molar-refractivity contribution in [1.29, 1.82) is 0 Å². The van der Waals surface area contributed by atoms with Gasteiger partial charge in [-0.2, -0.15) is 0 Å². The third-order valence-corrected chi connectivity index (χ3v) is 3.87. The predicted octanol–water partition coefficient (Wildman–Crippen LogP) is 2.38. The largest absolute Gasteiger partial charge is 0.316 e. The van der Waals surface area contributed by atoms with E-state index in [1.807, 2.05) is 0 Å². The van der Waals surface area contributed by atoms with Gasteiger partial charge in [0.05, 0.1) is 5.01 Å². The molecule has 1 N–H and O–H groups in total. The van der Waals surface area contributed by atoms with E-state index in [9.17, 15) is 0 Å². The smallest absolute Gasteiger partial charge is 0.0940 e. The highest BCUT2D eigenvalue weighted by molar-refractivity contribution is 7.09. The fraction of sp³-hybridized carbons (Fsp3) is 0.727. The molecule has 0 radical (unpaired) electrons. The van der Waals surface area contributed by atoms with Crippen LogP contribution in [0.5, 0.6) is 0 Å². The van der Waals surface area contributed by atoms with Crippen molar-refractivity contribution in [3.63, 3.8) is 0 Å². The fourth-order valence-electron chi connectivity index (χ4n) is 1.72. The first kappa shape index (κ1) is 10.1. The van der Waals surface area contributed by atoms with E-state index in [1.54, 1.807) is 11.3 Å². The Morgan fingerprint density at radius 3 is 3.00 bits per heavy atom. The summed E-state index contributed by atoms with van der Waals surface area (Å²) in [5.41, 5.74) is 1.16. The summed E-state index contributed by atoms with van der Waals surface area (Å²) in [6.45, 7) is 4.36. The molecule has 1 aromatic heterocycles. The number of thiazole rings is 1. The first-order chi connectivity index (χ1) is 6.84. The van der Waals surface area contributed by atoms with E-state index >= 15 is 0 Å². The second kappa shape index (κ2) is 4.89. The molecule has 78 valence electrons. The highest BCUT2D eigenvalue weighted by Crippen LogP contribution is 2.25. The van der Waals surface area contributed by atoms with Crippen LogP contribution in [0.3, 0.4) is 0 Å². The van der Waals surface area contributed by atoms with Gasteiger partial charge >= 0.3 is 0 Å². The molecule has 3 heteroatoms. The van der Waals surface area contributed by atoms with Gasteiger partial charge in [0.1, 0.15) is 0 Å². The summed E-state index contributed by atoms with van der Waals surface area (Å²) >= 11 is 1.78. The van der Waals surface area contributed by atoms with Crippen LogP contribution in [0, 0.1) is 12.8 Å². The average molecular weight is 210 g/mol. The maximum atomic E-state index is 4.44. The second-order valence-electron chi connectivity index (χ2n) is 4.13. The van der Waals surface area contributed by atoms with Gasteiger partial charge in [-0.05, 0) is 32.2 Å². The lowest BCUT2D eigenvalue weighted by atomic mass is 9.85. The number of nitrogens with one attached hydrogen (secondary N) is 1. The molecule has 0 amide bonds. The van der Waals surface area contributed by atoms with Crippen molar-refractivity contribution in [2.45, 2.75) is 32.6 Å². The Morgan fingerprint density at radius 1 is 1.57 bits per heavy atom. The molecule has 1 heterocycles. The maximum Gasteiger partial charge on any atom is 0.0940 e. The molecule has 0 saturated heterocycles. The van der Waals surface area contributed by atoms with E-state index in [0.29, 0.717) is 0 Å². The summed E-state index contributed by atoms with van der Waals surface area (Å²) in [5.74, 6) is 0.966. The zero-order chi connectivity index (χ0) is 9.80. The normalized spacial score (nSPS) is 16.9. The predicted molar refractivity (Wildman–Crippen MR) is 60.8 cm³/mol. The molecule has 2 nitrogen and oxygen atoms in total. The van der Waals surface area contributed by atoms with Crippen molar-refractivity contribution in [3.05, 3.63) is 16.1 Å². The van der Waals surface area contributed by atoms with Crippen molar-refractivity contribution in [2.75, 3.05) is 13.1 Å². The van der Waals surface area contributed by atoms with Gasteiger partial charge < -0.3 is 5.32 Å². The van der Waals surface area contributed by atoms with Gasteiger partial charge in [-0.15, -0.1) is 11.3 Å². The minimum atomic E-state index is 0.966. The van der Waals surface area contributed by atoms with Gasteiger partial charge in [-0.1, -0.05) is 6.42 Å². The summed E-state index contributed by atoms with van der Waals surface area (Å²) < 4.78 is 0. The van der Waals surface area contributed by atoms with E-state index in [-0.39, 0.29) is 0 Å². The Kier molecular flexibility index (Phi) is 3.54. The van der Waals surface area contributed by atoms with E-state index in [0.717, 1.165) is 24.6 Å². The van der Waals surface area contributed by atoms with Crippen LogP contribution in [-0.4, -0.2) is 18.1 Å². The molecule has 0 aromatic carbocycles. The molecule has 14 heavy (non-hydrogen) atoms. The number of rotatable bonds is 5. The monoisotopic (exact) mass is 210 g/mol. The third kappa shape index (κ3) is 2.79. The second-order valence-corrected chi connectivity index (χ2v) is 5.08. The van der Waals surface area contributed by atoms with Crippen molar-refractivity contribution in [2.24, 2.45) is 5.92 Å². The van der Waals surface area contributed by atoms with Crippen LogP contribution in [0.2, 0.25) is 0 Å². The third-order valence-electron chi connectivity index (χ3n) is 2.84. The van der Waals surface area contributed by atoms with Crippen molar-refractivity contribution in [1.82, 2.24) is 10.3 Å². The quantitative estimate of drug-likeness (QED) is 0.755. The molecule has 0 bridgehead atoms. The first-order valence-corrected chi connectivity index (χ1v) is 6.34. The zero-order valence-corrected chi connectivity index (χ0v) is 9.57. The summed E-state index contributed by atoms with van der Waals surface area (Å²) in [6, 6.07) is 0. The number of hydrogen-bond donors (Lipinski definition) is 1. The number of aromatic nitrogens is 1. The highest BCUT2D eigenvalue weighted by atomic mass is 32.1. The summed E-state index contributed by atoms with van der Waals surface area (Å²) in [6.07, 6.45) is 5.40. The van der Waals surface area contributed by atoms with Crippen molar-refractivity contribution >= 4 is 11.3 Å². The molecule has 0 aliphatic heterocycles. The lowest BCUT2D eigenvalue weighted by Crippen LogP contribution is -2.28. The summed E-state index contributed by atoms with van der Waals surface area (Å²) in [4.78, 5) is 4.44. The zero-order valence-electron chi connectivity index (χ0n) is 8.75. The van der Waals surface area contributed by atoms with Gasteiger partial charge in [0.2, 0.25) is 0 Å². The molecule has 2 rings (SSSR count). The molecule has 1 aromatic rings. The Labute approximate surface area is 89.8 Å². The Balaban J connectivity index is 1.58. The van der Waals surface area contributed by atoms with Gasteiger partial charge in [-0.25, -0.2) is 4.98 Å². The molecule has 1 saturated carbocycles. The van der Waals surface area contributed by atoms with Crippen molar-refractivity contribution in [3.8, 4) is 0 Å². The van der Waals surface area contributed by atoms with Gasteiger partial charge in [0, 0.05) is 24.0 Å². The van der Waals surface area contributed by atoms with E-state index < -0.39 is 0 Å². The molecular formula is C11H18N2S. The minimum Gasteiger partial charge on any atom is -0.316 e. The highest BCUT2D eigenvalue weighted by Gasteiger charge is 2.16. The van der Waals surface area contributed by atoms with E-state index in [4.69, 9.17) is 0 Å². The van der Waals surface area contributed by atoms with Crippen molar-refractivity contribution < 1.29 is 0 Å². The Bertz CT molecular complexity index is 279. The topological polar surface area (TPSA) is 24.9 Å². The number of hydrogen-bond acceptors (Lipinski definition) is 3. The van der Waals surface area contributed by atoms with Crippen LogP contribution in [-0.2, 0) is 6.42 Å². The maximum absolute atomic E-state index is 4.44. The Hall–Kier alpha value is -0.410. The van der Waals surface area contributed by atoms with Crippen LogP contribution in [0.15, 0.2) is 5.38 Å². The van der Waals surface area contributed by atoms with E-state index in [2.05, 4.69) is 22.6 Å². The summed E-state index contributed by atoms with van der Waals surface area (Å²) in [5, 5.41) is 6.91. The fourth-order valence-corrected chi connectivity index (χ4v) is 2.49. The first-order valence-electron chi connectivity index (χ1n) is 5.46. The van der Waals surface area contributed by atoms with Crippen LogP contribution in [0.25, 0.3) is 0 Å². The van der Waals surface area contributed by atoms with Gasteiger partial charge in [-0.3, -0.25) is 0 Å².